The Morgan fingerprint density at radius 2 is 2.11 bits per heavy atom. The van der Waals surface area contributed by atoms with Crippen LogP contribution in [0.15, 0.2) is 11.0 Å². The Hall–Kier alpha value is 0.0900. The van der Waals surface area contributed by atoms with Gasteiger partial charge in [0.15, 0.2) is 0 Å². The molecule has 0 fully saturated rings. The SMILES string of the molecule is C[S+](C)C1=CCCCC1. The molecule has 0 aromatic carbocycles. The van der Waals surface area contributed by atoms with Crippen LogP contribution < -0.4 is 0 Å². The van der Waals surface area contributed by atoms with Crippen LogP contribution in [0.25, 0.3) is 0 Å². The van der Waals surface area contributed by atoms with Gasteiger partial charge in [-0.1, -0.05) is 0 Å². The second-order valence-corrected chi connectivity index (χ2v) is 4.89. The molecule has 1 aliphatic rings. The van der Waals surface area contributed by atoms with E-state index in [0.717, 1.165) is 0 Å². The van der Waals surface area contributed by atoms with Crippen LogP contribution in [0.5, 0.6) is 0 Å². The van der Waals surface area contributed by atoms with Gasteiger partial charge in [-0.05, 0) is 25.3 Å². The van der Waals surface area contributed by atoms with Crippen LogP contribution in [0.2, 0.25) is 0 Å². The Morgan fingerprint density at radius 3 is 2.44 bits per heavy atom. The summed E-state index contributed by atoms with van der Waals surface area (Å²) < 4.78 is 0. The van der Waals surface area contributed by atoms with Crippen molar-refractivity contribution in [1.82, 2.24) is 0 Å². The van der Waals surface area contributed by atoms with Gasteiger partial charge < -0.3 is 0 Å². The van der Waals surface area contributed by atoms with Gasteiger partial charge in [0, 0.05) is 17.3 Å². The van der Waals surface area contributed by atoms with Crippen molar-refractivity contribution < 1.29 is 0 Å². The minimum Gasteiger partial charge on any atom is -0.0492 e. The zero-order chi connectivity index (χ0) is 6.69. The van der Waals surface area contributed by atoms with Crippen LogP contribution in [0.3, 0.4) is 0 Å². The molecule has 0 bridgehead atoms. The fourth-order valence-electron chi connectivity index (χ4n) is 1.18. The molecule has 0 saturated heterocycles. The van der Waals surface area contributed by atoms with Gasteiger partial charge in [0.05, 0.1) is 0 Å². The van der Waals surface area contributed by atoms with E-state index in [1.807, 2.05) is 0 Å². The number of hydrogen-bond acceptors (Lipinski definition) is 0. The average Bonchev–Trinajstić information content (AvgIpc) is 1.90. The van der Waals surface area contributed by atoms with Gasteiger partial charge in [-0.25, -0.2) is 0 Å². The standard InChI is InChI=1S/C8H15S/c1-9(2)8-6-4-3-5-7-8/h6H,3-5,7H2,1-2H3/q+1. The minimum atomic E-state index is 0.559. The zero-order valence-electron chi connectivity index (χ0n) is 6.31. The highest BCUT2D eigenvalue weighted by molar-refractivity contribution is 7.99. The maximum absolute atomic E-state index is 2.44. The van der Waals surface area contributed by atoms with Crippen molar-refractivity contribution in [1.29, 1.82) is 0 Å². The maximum atomic E-state index is 2.44. The highest BCUT2D eigenvalue weighted by Crippen LogP contribution is 2.21. The Morgan fingerprint density at radius 1 is 1.33 bits per heavy atom. The summed E-state index contributed by atoms with van der Waals surface area (Å²) in [5, 5.41) is 0. The summed E-state index contributed by atoms with van der Waals surface area (Å²) in [5.41, 5.74) is 0. The Labute approximate surface area is 60.7 Å². The molecule has 0 nitrogen and oxygen atoms in total. The van der Waals surface area contributed by atoms with Crippen LogP contribution in [0.4, 0.5) is 0 Å². The van der Waals surface area contributed by atoms with Crippen LogP contribution in [0, 0.1) is 0 Å². The second kappa shape index (κ2) is 3.31. The van der Waals surface area contributed by atoms with E-state index in [1.165, 1.54) is 25.7 Å². The molecule has 0 atom stereocenters. The molecule has 0 N–H and O–H groups in total. The number of hydrogen-bond donors (Lipinski definition) is 0. The highest BCUT2D eigenvalue weighted by Gasteiger charge is 2.14. The molecule has 0 aromatic heterocycles. The molecule has 0 spiro atoms. The third-order valence-corrected chi connectivity index (χ3v) is 3.19. The predicted octanol–water partition coefficient (Wildman–Crippen LogP) is 2.32. The lowest BCUT2D eigenvalue weighted by Crippen LogP contribution is -2.02. The number of allylic oxidation sites excluding steroid dienone is 2. The normalized spacial score (nSPS) is 20.1. The van der Waals surface area contributed by atoms with Gasteiger partial charge >= 0.3 is 0 Å². The molecule has 0 aromatic rings. The molecule has 0 aliphatic heterocycles. The van der Waals surface area contributed by atoms with E-state index < -0.39 is 0 Å². The summed E-state index contributed by atoms with van der Waals surface area (Å²) in [6.07, 6.45) is 12.6. The minimum absolute atomic E-state index is 0.559. The van der Waals surface area contributed by atoms with Crippen molar-refractivity contribution in [3.63, 3.8) is 0 Å². The Bertz CT molecular complexity index is 114. The molecule has 0 radical (unpaired) electrons. The first-order chi connectivity index (χ1) is 4.30. The van der Waals surface area contributed by atoms with Crippen molar-refractivity contribution in [3.8, 4) is 0 Å². The van der Waals surface area contributed by atoms with Crippen molar-refractivity contribution in [2.45, 2.75) is 25.7 Å². The third-order valence-electron chi connectivity index (χ3n) is 1.77. The summed E-state index contributed by atoms with van der Waals surface area (Å²) in [6, 6.07) is 0. The first-order valence-corrected chi connectivity index (χ1v) is 5.61. The van der Waals surface area contributed by atoms with E-state index >= 15 is 0 Å². The molecule has 1 aliphatic carbocycles. The Kier molecular flexibility index (Phi) is 2.65. The van der Waals surface area contributed by atoms with E-state index in [-0.39, 0.29) is 0 Å². The van der Waals surface area contributed by atoms with Crippen LogP contribution >= 0.6 is 0 Å². The van der Waals surface area contributed by atoms with Gasteiger partial charge in [-0.15, -0.1) is 0 Å². The van der Waals surface area contributed by atoms with E-state index in [4.69, 9.17) is 0 Å². The first-order valence-electron chi connectivity index (χ1n) is 3.57. The van der Waals surface area contributed by atoms with E-state index in [2.05, 4.69) is 18.6 Å². The van der Waals surface area contributed by atoms with Gasteiger partial charge in [-0.2, -0.15) is 0 Å². The van der Waals surface area contributed by atoms with Gasteiger partial charge in [0.25, 0.3) is 0 Å². The van der Waals surface area contributed by atoms with E-state index in [9.17, 15) is 0 Å². The Balaban J connectivity index is 2.46. The van der Waals surface area contributed by atoms with Crippen molar-refractivity contribution in [3.05, 3.63) is 11.0 Å². The summed E-state index contributed by atoms with van der Waals surface area (Å²) in [6.45, 7) is 0. The van der Waals surface area contributed by atoms with Crippen LogP contribution in [0.1, 0.15) is 25.7 Å². The molecule has 0 amide bonds. The van der Waals surface area contributed by atoms with Gasteiger partial charge in [-0.3, -0.25) is 0 Å². The molecule has 52 valence electrons. The maximum Gasteiger partial charge on any atom is 0.127 e. The van der Waals surface area contributed by atoms with Crippen molar-refractivity contribution in [2.75, 3.05) is 12.5 Å². The lowest BCUT2D eigenvalue weighted by molar-refractivity contribution is 0.722. The van der Waals surface area contributed by atoms with Crippen molar-refractivity contribution >= 4 is 10.9 Å². The quantitative estimate of drug-likeness (QED) is 0.494. The fraction of sp³-hybridized carbons (Fsp3) is 0.750. The highest BCUT2D eigenvalue weighted by atomic mass is 32.2. The molecule has 1 heteroatoms. The smallest absolute Gasteiger partial charge is 0.0492 e. The van der Waals surface area contributed by atoms with E-state index in [1.54, 1.807) is 4.91 Å². The van der Waals surface area contributed by atoms with Crippen molar-refractivity contribution in [2.24, 2.45) is 0 Å². The fourth-order valence-corrected chi connectivity index (χ4v) is 2.18. The molecular formula is C8H15S+. The van der Waals surface area contributed by atoms with E-state index in [0.29, 0.717) is 10.9 Å². The molecule has 0 saturated carbocycles. The summed E-state index contributed by atoms with van der Waals surface area (Å²) in [5.74, 6) is 0. The van der Waals surface area contributed by atoms with Gasteiger partial charge in [0.2, 0.25) is 0 Å². The van der Waals surface area contributed by atoms with Gasteiger partial charge in [0.1, 0.15) is 17.4 Å². The largest absolute Gasteiger partial charge is 0.127 e. The second-order valence-electron chi connectivity index (χ2n) is 2.73. The monoisotopic (exact) mass is 143 g/mol. The van der Waals surface area contributed by atoms with Crippen LogP contribution in [-0.4, -0.2) is 12.5 Å². The average molecular weight is 143 g/mol. The molecular weight excluding hydrogens is 128 g/mol. The molecule has 0 heterocycles. The lowest BCUT2D eigenvalue weighted by Gasteiger charge is -2.07. The predicted molar refractivity (Wildman–Crippen MR) is 45.8 cm³/mol. The topological polar surface area (TPSA) is 0 Å². The third kappa shape index (κ3) is 2.05. The molecule has 0 unspecified atom stereocenters. The van der Waals surface area contributed by atoms with Crippen LogP contribution in [-0.2, 0) is 10.9 Å². The molecule has 9 heavy (non-hydrogen) atoms. The zero-order valence-corrected chi connectivity index (χ0v) is 7.13. The summed E-state index contributed by atoms with van der Waals surface area (Å²) in [7, 11) is 0.559. The molecule has 1 rings (SSSR count). The first kappa shape index (κ1) is 7.20. The number of rotatable bonds is 1. The summed E-state index contributed by atoms with van der Waals surface area (Å²) in [4.78, 5) is 1.71. The lowest BCUT2D eigenvalue weighted by atomic mass is 10.1. The summed E-state index contributed by atoms with van der Waals surface area (Å²) >= 11 is 0.